The highest BCUT2D eigenvalue weighted by Gasteiger charge is 2.38. The Morgan fingerprint density at radius 1 is 1.43 bits per heavy atom. The molecule has 120 valence electrons. The van der Waals surface area contributed by atoms with Crippen LogP contribution in [0.25, 0.3) is 0 Å². The van der Waals surface area contributed by atoms with Crippen LogP contribution >= 0.6 is 0 Å². The van der Waals surface area contributed by atoms with Crippen LogP contribution in [0, 0.1) is 5.92 Å². The first kappa shape index (κ1) is 15.6. The summed E-state index contributed by atoms with van der Waals surface area (Å²) >= 11 is 0. The average Bonchev–Trinajstić information content (AvgIpc) is 2.91. The van der Waals surface area contributed by atoms with Crippen LogP contribution in [0.5, 0.6) is 0 Å². The van der Waals surface area contributed by atoms with Crippen LogP contribution in [0.15, 0.2) is 51.3 Å². The Kier molecular flexibility index (Phi) is 4.62. The minimum Gasteiger partial charge on any atom is -0.301 e. The van der Waals surface area contributed by atoms with Gasteiger partial charge in [0.05, 0.1) is 12.7 Å². The lowest BCUT2D eigenvalue weighted by Gasteiger charge is -2.28. The minimum atomic E-state index is 0.243. The molecule has 2 aliphatic rings. The Bertz CT molecular complexity index is 661. The van der Waals surface area contributed by atoms with Gasteiger partial charge >= 0.3 is 0 Å². The van der Waals surface area contributed by atoms with Crippen LogP contribution in [-0.2, 0) is 0 Å². The maximum absolute atomic E-state index is 4.74. The summed E-state index contributed by atoms with van der Waals surface area (Å²) in [6.07, 6.45) is 7.59. The van der Waals surface area contributed by atoms with Crippen LogP contribution in [0.3, 0.4) is 0 Å². The highest BCUT2D eigenvalue weighted by molar-refractivity contribution is 6.04. The largest absolute Gasteiger partial charge is 0.301 e. The number of hydrogen-bond acceptors (Lipinski definition) is 5. The topological polar surface area (TPSA) is 65.2 Å². The number of hydrogen-bond donors (Lipinski definition) is 1. The van der Waals surface area contributed by atoms with Crippen LogP contribution < -0.4 is 5.32 Å². The van der Waals surface area contributed by atoms with Crippen molar-refractivity contribution in [2.75, 3.05) is 20.8 Å². The number of aliphatic imine (C=N–C) groups is 2. The number of allylic oxidation sites excluding steroid dienone is 1. The number of rotatable bonds is 4. The SMILES string of the molecule is C=NC(=NCNC)C1=CCC2=NN(C)C(c3ccncc3)C2C1. The molecule has 0 radical (unpaired) electrons. The summed E-state index contributed by atoms with van der Waals surface area (Å²) in [5.41, 5.74) is 3.64. The lowest BCUT2D eigenvalue weighted by atomic mass is 9.80. The molecule has 0 spiro atoms. The van der Waals surface area contributed by atoms with Gasteiger partial charge < -0.3 is 5.32 Å². The third kappa shape index (κ3) is 3.07. The summed E-state index contributed by atoms with van der Waals surface area (Å²) in [6.45, 7) is 4.22. The van der Waals surface area contributed by atoms with E-state index in [1.54, 1.807) is 0 Å². The molecular weight excluding hydrogens is 288 g/mol. The van der Waals surface area contributed by atoms with Crippen molar-refractivity contribution in [3.05, 3.63) is 41.7 Å². The Labute approximate surface area is 136 Å². The Hall–Kier alpha value is -2.34. The molecule has 0 fully saturated rings. The van der Waals surface area contributed by atoms with Gasteiger partial charge in [-0.1, -0.05) is 6.08 Å². The third-order valence-corrected chi connectivity index (χ3v) is 4.37. The minimum absolute atomic E-state index is 0.243. The number of aromatic nitrogens is 1. The Balaban J connectivity index is 1.86. The molecule has 1 aromatic rings. The van der Waals surface area contributed by atoms with E-state index in [0.717, 1.165) is 24.3 Å². The highest BCUT2D eigenvalue weighted by atomic mass is 15.5. The van der Waals surface area contributed by atoms with E-state index >= 15 is 0 Å². The quantitative estimate of drug-likeness (QED) is 0.683. The summed E-state index contributed by atoms with van der Waals surface area (Å²) in [5.74, 6) is 1.09. The lowest BCUT2D eigenvalue weighted by molar-refractivity contribution is 0.249. The summed E-state index contributed by atoms with van der Waals surface area (Å²) in [7, 11) is 3.91. The molecule has 0 aromatic carbocycles. The zero-order valence-corrected chi connectivity index (χ0v) is 13.6. The predicted molar refractivity (Wildman–Crippen MR) is 93.9 cm³/mol. The molecule has 1 aliphatic heterocycles. The van der Waals surface area contributed by atoms with Crippen molar-refractivity contribution in [2.24, 2.45) is 21.0 Å². The normalized spacial score (nSPS) is 24.1. The van der Waals surface area contributed by atoms with Crippen LogP contribution in [-0.4, -0.2) is 49.0 Å². The lowest BCUT2D eigenvalue weighted by Crippen LogP contribution is -2.27. The maximum atomic E-state index is 4.74. The Morgan fingerprint density at radius 3 is 2.91 bits per heavy atom. The van der Waals surface area contributed by atoms with Gasteiger partial charge in [0.2, 0.25) is 0 Å². The second kappa shape index (κ2) is 6.83. The molecule has 1 aromatic heterocycles. The molecule has 1 aliphatic carbocycles. The van der Waals surface area contributed by atoms with Gasteiger partial charge in [-0.3, -0.25) is 15.0 Å². The van der Waals surface area contributed by atoms with Crippen molar-refractivity contribution >= 4 is 18.3 Å². The van der Waals surface area contributed by atoms with E-state index in [1.807, 2.05) is 26.5 Å². The molecule has 6 nitrogen and oxygen atoms in total. The van der Waals surface area contributed by atoms with Gasteiger partial charge in [-0.25, -0.2) is 4.99 Å². The first-order valence-electron chi connectivity index (χ1n) is 7.80. The van der Waals surface area contributed by atoms with Gasteiger partial charge in [-0.15, -0.1) is 0 Å². The van der Waals surface area contributed by atoms with E-state index in [9.17, 15) is 0 Å². The fourth-order valence-electron chi connectivity index (χ4n) is 3.35. The van der Waals surface area contributed by atoms with Crippen molar-refractivity contribution in [3.8, 4) is 0 Å². The van der Waals surface area contributed by atoms with Gasteiger partial charge in [0, 0.05) is 37.5 Å². The van der Waals surface area contributed by atoms with E-state index < -0.39 is 0 Å². The predicted octanol–water partition coefficient (Wildman–Crippen LogP) is 2.04. The molecule has 3 rings (SSSR count). The first-order valence-corrected chi connectivity index (χ1v) is 7.80. The fourth-order valence-corrected chi connectivity index (χ4v) is 3.35. The molecule has 0 amide bonds. The summed E-state index contributed by atoms with van der Waals surface area (Å²) in [5, 5.41) is 9.82. The molecule has 2 atom stereocenters. The number of nitrogens with zero attached hydrogens (tertiary/aromatic N) is 5. The summed E-state index contributed by atoms with van der Waals surface area (Å²) < 4.78 is 0. The van der Waals surface area contributed by atoms with Crippen LogP contribution in [0.2, 0.25) is 0 Å². The van der Waals surface area contributed by atoms with Gasteiger partial charge in [-0.2, -0.15) is 5.10 Å². The first-order chi connectivity index (χ1) is 11.2. The number of fused-ring (bicyclic) bond motifs is 1. The molecule has 0 bridgehead atoms. The van der Waals surface area contributed by atoms with E-state index in [0.29, 0.717) is 12.6 Å². The second-order valence-electron chi connectivity index (χ2n) is 5.79. The van der Waals surface area contributed by atoms with Crippen molar-refractivity contribution in [3.63, 3.8) is 0 Å². The third-order valence-electron chi connectivity index (χ3n) is 4.37. The summed E-state index contributed by atoms with van der Waals surface area (Å²) in [6, 6.07) is 4.38. The van der Waals surface area contributed by atoms with Crippen molar-refractivity contribution in [1.29, 1.82) is 0 Å². The van der Waals surface area contributed by atoms with E-state index in [4.69, 9.17) is 5.10 Å². The standard InChI is InChI=1S/C17H22N6/c1-18-11-21-17(19-2)13-4-5-15-14(10-13)16(23(3)22-15)12-6-8-20-9-7-12/h4,6-9,14,16,18H,2,5,10-11H2,1,3H3. The summed E-state index contributed by atoms with van der Waals surface area (Å²) in [4.78, 5) is 12.7. The smallest absolute Gasteiger partial charge is 0.150 e. The van der Waals surface area contributed by atoms with E-state index in [-0.39, 0.29) is 6.04 Å². The Morgan fingerprint density at radius 2 is 2.22 bits per heavy atom. The monoisotopic (exact) mass is 310 g/mol. The van der Waals surface area contributed by atoms with Gasteiger partial charge in [0.25, 0.3) is 0 Å². The van der Waals surface area contributed by atoms with E-state index in [1.165, 1.54) is 11.3 Å². The highest BCUT2D eigenvalue weighted by Crippen LogP contribution is 2.41. The van der Waals surface area contributed by atoms with Crippen molar-refractivity contribution in [1.82, 2.24) is 15.3 Å². The molecule has 0 saturated heterocycles. The number of pyridine rings is 1. The van der Waals surface area contributed by atoms with Crippen molar-refractivity contribution in [2.45, 2.75) is 18.9 Å². The molecular formula is C17H22N6. The molecule has 1 N–H and O–H groups in total. The fraction of sp³-hybridized carbons (Fsp3) is 0.412. The molecule has 2 unspecified atom stereocenters. The van der Waals surface area contributed by atoms with E-state index in [2.05, 4.69) is 50.2 Å². The van der Waals surface area contributed by atoms with Crippen LogP contribution in [0.1, 0.15) is 24.4 Å². The van der Waals surface area contributed by atoms with Gasteiger partial charge in [-0.05, 0) is 43.5 Å². The van der Waals surface area contributed by atoms with Crippen LogP contribution in [0.4, 0.5) is 0 Å². The second-order valence-corrected chi connectivity index (χ2v) is 5.79. The zero-order chi connectivity index (χ0) is 16.2. The number of amidine groups is 1. The molecule has 6 heteroatoms. The van der Waals surface area contributed by atoms with Crippen molar-refractivity contribution < 1.29 is 0 Å². The average molecular weight is 310 g/mol. The zero-order valence-electron chi connectivity index (χ0n) is 13.6. The van der Waals surface area contributed by atoms with Gasteiger partial charge in [0.1, 0.15) is 0 Å². The molecule has 0 saturated carbocycles. The van der Waals surface area contributed by atoms with Gasteiger partial charge in [0.15, 0.2) is 5.84 Å². The number of nitrogens with one attached hydrogen (secondary N) is 1. The molecule has 23 heavy (non-hydrogen) atoms. The maximum Gasteiger partial charge on any atom is 0.150 e. The number of hydrazone groups is 1. The molecule has 2 heterocycles.